The van der Waals surface area contributed by atoms with Gasteiger partial charge in [-0.05, 0) is 56.5 Å². The first-order chi connectivity index (χ1) is 16.2. The van der Waals surface area contributed by atoms with Crippen molar-refractivity contribution in [2.24, 2.45) is 5.10 Å². The number of anilines is 4. The van der Waals surface area contributed by atoms with Gasteiger partial charge >= 0.3 is 0 Å². The number of fused-ring (bicyclic) bond motifs is 1. The molecule has 1 saturated heterocycles. The topological polar surface area (TPSA) is 94.1 Å². The molecule has 8 nitrogen and oxygen atoms in total. The second-order valence-corrected chi connectivity index (χ2v) is 8.04. The fourth-order valence-electron chi connectivity index (χ4n) is 3.99. The lowest BCUT2D eigenvalue weighted by molar-refractivity contribution is 0.568. The van der Waals surface area contributed by atoms with Gasteiger partial charge in [0, 0.05) is 40.9 Å². The first-order valence-electron chi connectivity index (χ1n) is 11.1. The molecule has 0 bridgehead atoms. The van der Waals surface area contributed by atoms with Gasteiger partial charge in [-0.1, -0.05) is 18.2 Å². The molecule has 0 radical (unpaired) electrons. The Morgan fingerprint density at radius 1 is 0.970 bits per heavy atom. The molecule has 9 heteroatoms. The normalized spacial score (nSPS) is 14.2. The van der Waals surface area contributed by atoms with Gasteiger partial charge in [-0.15, -0.1) is 0 Å². The van der Waals surface area contributed by atoms with Gasteiger partial charge in [-0.2, -0.15) is 20.1 Å². The summed E-state index contributed by atoms with van der Waals surface area (Å²) in [5, 5.41) is 8.63. The fraction of sp³-hybridized carbons (Fsp3) is 0.250. The van der Waals surface area contributed by atoms with Gasteiger partial charge in [0.15, 0.2) is 0 Å². The minimum atomic E-state index is -0.297. The third-order valence-corrected chi connectivity index (χ3v) is 5.66. The van der Waals surface area contributed by atoms with Crippen LogP contribution in [0.2, 0.25) is 0 Å². The Morgan fingerprint density at radius 2 is 1.73 bits per heavy atom. The van der Waals surface area contributed by atoms with E-state index >= 15 is 0 Å². The molecule has 1 fully saturated rings. The average Bonchev–Trinajstić information content (AvgIpc) is 3.16. The van der Waals surface area contributed by atoms with Crippen LogP contribution in [0.15, 0.2) is 53.6 Å². The number of halogens is 1. The molecule has 1 aliphatic heterocycles. The van der Waals surface area contributed by atoms with Crippen LogP contribution in [0, 0.1) is 12.7 Å². The van der Waals surface area contributed by atoms with Crippen molar-refractivity contribution in [3.63, 3.8) is 0 Å². The minimum Gasteiger partial charge on any atom is -0.358 e. The van der Waals surface area contributed by atoms with E-state index in [1.165, 1.54) is 18.6 Å². The number of nitrogens with one attached hydrogen (secondary N) is 3. The van der Waals surface area contributed by atoms with Crippen molar-refractivity contribution >= 4 is 40.6 Å². The van der Waals surface area contributed by atoms with E-state index in [0.717, 1.165) is 48.1 Å². The Bertz CT molecular complexity index is 1280. The van der Waals surface area contributed by atoms with Crippen molar-refractivity contribution in [1.29, 1.82) is 0 Å². The van der Waals surface area contributed by atoms with Crippen molar-refractivity contribution in [2.45, 2.75) is 26.2 Å². The maximum absolute atomic E-state index is 13.3. The Hall–Kier alpha value is -4.01. The average molecular weight is 445 g/mol. The molecule has 0 aliphatic carbocycles. The Labute approximate surface area is 191 Å². The van der Waals surface area contributed by atoms with Crippen molar-refractivity contribution in [3.05, 3.63) is 65.6 Å². The lowest BCUT2D eigenvalue weighted by Gasteiger charge is -2.26. The van der Waals surface area contributed by atoms with Crippen LogP contribution in [0.1, 0.15) is 30.5 Å². The number of hydrazone groups is 1. The van der Waals surface area contributed by atoms with E-state index in [-0.39, 0.29) is 5.82 Å². The van der Waals surface area contributed by atoms with Crippen LogP contribution < -0.4 is 15.6 Å². The lowest BCUT2D eigenvalue weighted by Crippen LogP contribution is -2.31. The SMILES string of the molecule is Cc1[nH]c2ccccc2c1/C=N/Nc1nc(Nc2ccc(F)cc2)nc(N2CCCCC2)n1. The molecule has 3 N–H and O–H groups in total. The highest BCUT2D eigenvalue weighted by atomic mass is 19.1. The number of para-hydroxylation sites is 1. The summed E-state index contributed by atoms with van der Waals surface area (Å²) < 4.78 is 13.3. The van der Waals surface area contributed by atoms with Gasteiger partial charge in [0.2, 0.25) is 17.8 Å². The largest absolute Gasteiger partial charge is 0.358 e. The van der Waals surface area contributed by atoms with Crippen LogP contribution >= 0.6 is 0 Å². The van der Waals surface area contributed by atoms with E-state index in [4.69, 9.17) is 0 Å². The van der Waals surface area contributed by atoms with Crippen LogP contribution in [0.4, 0.5) is 27.9 Å². The van der Waals surface area contributed by atoms with Gasteiger partial charge in [-0.3, -0.25) is 0 Å². The number of aryl methyl sites for hydroxylation is 1. The monoisotopic (exact) mass is 444 g/mol. The second kappa shape index (κ2) is 9.23. The van der Waals surface area contributed by atoms with Crippen molar-refractivity contribution in [2.75, 3.05) is 28.7 Å². The van der Waals surface area contributed by atoms with E-state index < -0.39 is 0 Å². The Balaban J connectivity index is 1.41. The zero-order valence-corrected chi connectivity index (χ0v) is 18.3. The van der Waals surface area contributed by atoms with Gasteiger partial charge in [0.25, 0.3) is 0 Å². The Morgan fingerprint density at radius 3 is 2.55 bits per heavy atom. The van der Waals surface area contributed by atoms with Crippen LogP contribution in [0.5, 0.6) is 0 Å². The first-order valence-corrected chi connectivity index (χ1v) is 11.1. The molecule has 3 heterocycles. The summed E-state index contributed by atoms with van der Waals surface area (Å²) in [4.78, 5) is 19.2. The predicted molar refractivity (Wildman–Crippen MR) is 130 cm³/mol. The Kier molecular flexibility index (Phi) is 5.84. The zero-order chi connectivity index (χ0) is 22.6. The molecule has 5 rings (SSSR count). The third kappa shape index (κ3) is 4.77. The van der Waals surface area contributed by atoms with Crippen LogP contribution in [0.3, 0.4) is 0 Å². The molecular weight excluding hydrogens is 419 g/mol. The number of H-pyrrole nitrogens is 1. The highest BCUT2D eigenvalue weighted by Crippen LogP contribution is 2.22. The summed E-state index contributed by atoms with van der Waals surface area (Å²) in [5.41, 5.74) is 6.75. The van der Waals surface area contributed by atoms with E-state index in [1.54, 1.807) is 18.3 Å². The highest BCUT2D eigenvalue weighted by Gasteiger charge is 2.16. The number of rotatable bonds is 6. The molecular formula is C24H25FN8. The molecule has 0 saturated carbocycles. The smallest absolute Gasteiger partial charge is 0.250 e. The van der Waals surface area contributed by atoms with Crippen molar-refractivity contribution < 1.29 is 4.39 Å². The minimum absolute atomic E-state index is 0.297. The summed E-state index contributed by atoms with van der Waals surface area (Å²) in [6, 6.07) is 14.2. The molecule has 0 unspecified atom stereocenters. The van der Waals surface area contributed by atoms with Gasteiger partial charge in [-0.25, -0.2) is 9.82 Å². The first kappa shape index (κ1) is 20.9. The summed E-state index contributed by atoms with van der Waals surface area (Å²) in [7, 11) is 0. The predicted octanol–water partition coefficient (Wildman–Crippen LogP) is 4.98. The molecule has 168 valence electrons. The quantitative estimate of drug-likeness (QED) is 0.287. The molecule has 4 aromatic rings. The summed E-state index contributed by atoms with van der Waals surface area (Å²) in [6.07, 6.45) is 5.19. The molecule has 0 spiro atoms. The number of piperidine rings is 1. The van der Waals surface area contributed by atoms with Gasteiger partial charge in [0.05, 0.1) is 6.21 Å². The third-order valence-electron chi connectivity index (χ3n) is 5.66. The van der Waals surface area contributed by atoms with Crippen LogP contribution in [-0.4, -0.2) is 39.2 Å². The standard InChI is InChI=1S/C24H25FN8/c1-16-20(19-7-3-4-8-21(19)27-16)15-26-32-23-29-22(28-18-11-9-17(25)10-12-18)30-24(31-23)33-13-5-2-6-14-33/h3-4,7-12,15,27H,2,5-6,13-14H2,1H3,(H2,28,29,30,31,32)/b26-15+. The van der Waals surface area contributed by atoms with E-state index in [9.17, 15) is 4.39 Å². The zero-order valence-electron chi connectivity index (χ0n) is 18.3. The van der Waals surface area contributed by atoms with Crippen molar-refractivity contribution in [1.82, 2.24) is 19.9 Å². The number of hydrogen-bond acceptors (Lipinski definition) is 7. The number of hydrogen-bond donors (Lipinski definition) is 3. The lowest BCUT2D eigenvalue weighted by atomic mass is 10.1. The summed E-state index contributed by atoms with van der Waals surface area (Å²) in [5.74, 6) is 1.01. The van der Waals surface area contributed by atoms with E-state index in [2.05, 4.69) is 46.7 Å². The maximum Gasteiger partial charge on any atom is 0.250 e. The molecule has 1 aliphatic rings. The number of aromatic amines is 1. The maximum atomic E-state index is 13.3. The summed E-state index contributed by atoms with van der Waals surface area (Å²) >= 11 is 0. The van der Waals surface area contributed by atoms with Crippen LogP contribution in [-0.2, 0) is 0 Å². The molecule has 2 aromatic carbocycles. The van der Waals surface area contributed by atoms with Gasteiger partial charge < -0.3 is 15.2 Å². The fourth-order valence-corrected chi connectivity index (χ4v) is 3.99. The van der Waals surface area contributed by atoms with Crippen molar-refractivity contribution in [3.8, 4) is 0 Å². The number of benzene rings is 2. The highest BCUT2D eigenvalue weighted by molar-refractivity contribution is 6.00. The van der Waals surface area contributed by atoms with Gasteiger partial charge in [0.1, 0.15) is 5.82 Å². The summed E-state index contributed by atoms with van der Waals surface area (Å²) in [6.45, 7) is 3.82. The number of aromatic nitrogens is 4. The van der Waals surface area contributed by atoms with E-state index in [1.807, 2.05) is 25.1 Å². The second-order valence-electron chi connectivity index (χ2n) is 8.04. The van der Waals surface area contributed by atoms with Crippen LogP contribution in [0.25, 0.3) is 10.9 Å². The molecule has 0 amide bonds. The molecule has 2 aromatic heterocycles. The number of nitrogens with zero attached hydrogens (tertiary/aromatic N) is 5. The molecule has 0 atom stereocenters. The van der Waals surface area contributed by atoms with E-state index in [0.29, 0.717) is 23.5 Å². The molecule has 33 heavy (non-hydrogen) atoms.